The normalized spacial score (nSPS) is 20.4. The lowest BCUT2D eigenvalue weighted by molar-refractivity contribution is -0.149. The van der Waals surface area contributed by atoms with Gasteiger partial charge >= 0.3 is 12.1 Å². The monoisotopic (exact) mass is 473 g/mol. The lowest BCUT2D eigenvalue weighted by Crippen LogP contribution is -2.37. The zero-order chi connectivity index (χ0) is 24.2. The van der Waals surface area contributed by atoms with Gasteiger partial charge in [0.1, 0.15) is 29.8 Å². The van der Waals surface area contributed by atoms with E-state index in [1.165, 1.54) is 6.42 Å². The molecule has 2 aromatic rings. The Morgan fingerprint density at radius 2 is 2.09 bits per heavy atom. The fourth-order valence-corrected chi connectivity index (χ4v) is 4.15. The van der Waals surface area contributed by atoms with E-state index in [1.54, 1.807) is 35.8 Å². The number of rotatable bonds is 8. The van der Waals surface area contributed by atoms with Crippen molar-refractivity contribution in [2.24, 2.45) is 18.9 Å². The van der Waals surface area contributed by atoms with Gasteiger partial charge in [0.25, 0.3) is 0 Å². The number of carboxylic acid groups (broad SMARTS) is 1. The van der Waals surface area contributed by atoms with Gasteiger partial charge in [-0.3, -0.25) is 4.79 Å². The number of pyridine rings is 1. The van der Waals surface area contributed by atoms with Gasteiger partial charge in [-0.05, 0) is 37.8 Å². The molecule has 0 bridgehead atoms. The predicted octanol–water partition coefficient (Wildman–Crippen LogP) is 2.42. The molecule has 184 valence electrons. The van der Waals surface area contributed by atoms with Crippen LogP contribution in [0.5, 0.6) is 5.75 Å². The van der Waals surface area contributed by atoms with Crippen molar-refractivity contribution >= 4 is 12.1 Å². The molecule has 1 aliphatic carbocycles. The number of carbonyl (C=O) groups excluding carboxylic acids is 1. The molecule has 2 aliphatic rings. The lowest BCUT2D eigenvalue weighted by Gasteiger charge is -2.29. The molecular formula is C23H31N5O6. The van der Waals surface area contributed by atoms with Crippen LogP contribution in [0.4, 0.5) is 4.79 Å². The molecule has 0 aromatic carbocycles. The second-order valence-electron chi connectivity index (χ2n) is 9.07. The zero-order valence-electron chi connectivity index (χ0n) is 19.8. The van der Waals surface area contributed by atoms with Crippen molar-refractivity contribution in [3.8, 4) is 17.1 Å². The van der Waals surface area contributed by atoms with Crippen LogP contribution in [0.2, 0.25) is 0 Å². The number of aliphatic carboxylic acids is 1. The summed E-state index contributed by atoms with van der Waals surface area (Å²) in [6.45, 7) is 3.07. The molecule has 1 saturated heterocycles. The Kier molecular flexibility index (Phi) is 7.30. The largest absolute Gasteiger partial charge is 0.486 e. The minimum atomic E-state index is -0.886. The van der Waals surface area contributed by atoms with Crippen molar-refractivity contribution in [3.63, 3.8) is 0 Å². The van der Waals surface area contributed by atoms with Crippen LogP contribution in [0.1, 0.15) is 37.1 Å². The van der Waals surface area contributed by atoms with Crippen LogP contribution in [0, 0.1) is 18.8 Å². The molecule has 2 fully saturated rings. The minimum absolute atomic E-state index is 0.0294. The van der Waals surface area contributed by atoms with Crippen molar-refractivity contribution in [2.75, 3.05) is 26.8 Å². The van der Waals surface area contributed by atoms with E-state index in [9.17, 15) is 14.7 Å². The highest BCUT2D eigenvalue weighted by Crippen LogP contribution is 2.28. The number of ether oxygens (including phenoxy) is 3. The van der Waals surface area contributed by atoms with Gasteiger partial charge in [-0.1, -0.05) is 11.6 Å². The number of nitrogens with zero attached hydrogens (tertiary/aromatic N) is 5. The first-order valence-electron chi connectivity index (χ1n) is 11.5. The lowest BCUT2D eigenvalue weighted by atomic mass is 9.85. The third-order valence-corrected chi connectivity index (χ3v) is 6.44. The Morgan fingerprint density at radius 1 is 1.29 bits per heavy atom. The molecule has 2 atom stereocenters. The molecule has 1 saturated carbocycles. The summed E-state index contributed by atoms with van der Waals surface area (Å²) < 4.78 is 18.4. The van der Waals surface area contributed by atoms with E-state index in [0.717, 1.165) is 12.8 Å². The SMILES string of the molecule is Cc1nc(-c2nnn(C)c2COC(=O)N(C)CC2CCC2)ccc1O[C@@H]1COC[C@@H](C(=O)O)C1. The summed E-state index contributed by atoms with van der Waals surface area (Å²) in [4.78, 5) is 29.9. The first-order chi connectivity index (χ1) is 16.3. The van der Waals surface area contributed by atoms with Gasteiger partial charge in [0.2, 0.25) is 0 Å². The average molecular weight is 474 g/mol. The Bertz CT molecular complexity index is 1040. The Balaban J connectivity index is 1.41. The molecule has 34 heavy (non-hydrogen) atoms. The van der Waals surface area contributed by atoms with Crippen LogP contribution in [0.3, 0.4) is 0 Å². The van der Waals surface area contributed by atoms with Crippen molar-refractivity contribution in [2.45, 2.75) is 45.3 Å². The van der Waals surface area contributed by atoms with Crippen molar-refractivity contribution < 1.29 is 28.9 Å². The van der Waals surface area contributed by atoms with Gasteiger partial charge < -0.3 is 24.2 Å². The minimum Gasteiger partial charge on any atom is -0.486 e. The number of aryl methyl sites for hydroxylation is 2. The Morgan fingerprint density at radius 3 is 2.76 bits per heavy atom. The van der Waals surface area contributed by atoms with Gasteiger partial charge in [-0.25, -0.2) is 14.5 Å². The highest BCUT2D eigenvalue weighted by Gasteiger charge is 2.29. The highest BCUT2D eigenvalue weighted by molar-refractivity contribution is 5.70. The third-order valence-electron chi connectivity index (χ3n) is 6.44. The number of hydrogen-bond acceptors (Lipinski definition) is 8. The van der Waals surface area contributed by atoms with E-state index in [1.807, 2.05) is 6.92 Å². The molecule has 1 amide bonds. The van der Waals surface area contributed by atoms with Crippen LogP contribution >= 0.6 is 0 Å². The quantitative estimate of drug-likeness (QED) is 0.614. The second-order valence-corrected chi connectivity index (χ2v) is 9.07. The van der Waals surface area contributed by atoms with Gasteiger partial charge in [0, 0.05) is 27.1 Å². The van der Waals surface area contributed by atoms with Crippen LogP contribution in [-0.4, -0.2) is 75.0 Å². The van der Waals surface area contributed by atoms with E-state index in [4.69, 9.17) is 14.2 Å². The number of aromatic nitrogens is 4. The van der Waals surface area contributed by atoms with Gasteiger partial charge in [-0.15, -0.1) is 5.10 Å². The Labute approximate surface area is 198 Å². The van der Waals surface area contributed by atoms with E-state index in [0.29, 0.717) is 54.0 Å². The maximum absolute atomic E-state index is 12.4. The van der Waals surface area contributed by atoms with Gasteiger partial charge in [-0.2, -0.15) is 0 Å². The number of hydrogen-bond donors (Lipinski definition) is 1. The first-order valence-corrected chi connectivity index (χ1v) is 11.5. The van der Waals surface area contributed by atoms with Crippen LogP contribution in [-0.2, 0) is 27.9 Å². The molecule has 2 aromatic heterocycles. The molecule has 0 radical (unpaired) electrons. The second kappa shape index (κ2) is 10.4. The molecular weight excluding hydrogens is 442 g/mol. The third kappa shape index (κ3) is 5.46. The molecule has 0 unspecified atom stereocenters. The molecule has 0 spiro atoms. The maximum Gasteiger partial charge on any atom is 0.409 e. The van der Waals surface area contributed by atoms with E-state index < -0.39 is 11.9 Å². The molecule has 3 heterocycles. The maximum atomic E-state index is 12.4. The van der Waals surface area contributed by atoms with Crippen LogP contribution in [0.25, 0.3) is 11.4 Å². The van der Waals surface area contributed by atoms with Crippen molar-refractivity contribution in [1.82, 2.24) is 24.9 Å². The molecule has 11 nitrogen and oxygen atoms in total. The summed E-state index contributed by atoms with van der Waals surface area (Å²) in [7, 11) is 3.49. The summed E-state index contributed by atoms with van der Waals surface area (Å²) in [5.41, 5.74) is 2.37. The fraction of sp³-hybridized carbons (Fsp3) is 0.609. The summed E-state index contributed by atoms with van der Waals surface area (Å²) in [5.74, 6) is -0.347. The molecule has 1 aliphatic heterocycles. The van der Waals surface area contributed by atoms with Gasteiger partial charge in [0.05, 0.1) is 30.5 Å². The topological polar surface area (TPSA) is 129 Å². The highest BCUT2D eigenvalue weighted by atomic mass is 16.6. The first kappa shape index (κ1) is 23.9. The summed E-state index contributed by atoms with van der Waals surface area (Å²) in [6, 6.07) is 3.54. The van der Waals surface area contributed by atoms with Gasteiger partial charge in [0.15, 0.2) is 0 Å². The Hall–Kier alpha value is -3.21. The number of carboxylic acids is 1. The number of amides is 1. The van der Waals surface area contributed by atoms with Crippen molar-refractivity contribution in [3.05, 3.63) is 23.5 Å². The summed E-state index contributed by atoms with van der Waals surface area (Å²) in [6.07, 6.45) is 3.19. The van der Waals surface area contributed by atoms with E-state index >= 15 is 0 Å². The summed E-state index contributed by atoms with van der Waals surface area (Å²) in [5, 5.41) is 17.5. The molecule has 1 N–H and O–H groups in total. The summed E-state index contributed by atoms with van der Waals surface area (Å²) >= 11 is 0. The average Bonchev–Trinajstić information content (AvgIpc) is 3.16. The molecule has 4 rings (SSSR count). The van der Waals surface area contributed by atoms with Crippen molar-refractivity contribution in [1.29, 1.82) is 0 Å². The standard InChI is InChI=1S/C23H31N5O6/c1-14-20(34-17-9-16(22(29)30)11-32-12-17)8-7-18(24-14)21-19(28(3)26-25-21)13-33-23(31)27(2)10-15-5-4-6-15/h7-8,15-17H,4-6,9-13H2,1-3H3,(H,29,30)/t16-,17-/m0/s1. The van der Waals surface area contributed by atoms with Crippen LogP contribution < -0.4 is 4.74 Å². The van der Waals surface area contributed by atoms with Crippen LogP contribution in [0.15, 0.2) is 12.1 Å². The molecule has 11 heteroatoms. The number of carbonyl (C=O) groups is 2. The van der Waals surface area contributed by atoms with E-state index in [-0.39, 0.29) is 25.4 Å². The smallest absolute Gasteiger partial charge is 0.409 e. The van der Waals surface area contributed by atoms with E-state index in [2.05, 4.69) is 15.3 Å². The zero-order valence-corrected chi connectivity index (χ0v) is 19.8. The predicted molar refractivity (Wildman–Crippen MR) is 120 cm³/mol. The fourth-order valence-electron chi connectivity index (χ4n) is 4.15.